The van der Waals surface area contributed by atoms with Crippen molar-refractivity contribution in [3.05, 3.63) is 11.6 Å². The lowest BCUT2D eigenvalue weighted by molar-refractivity contribution is -0.164. The molecule has 6 atom stereocenters. The fourth-order valence-electron chi connectivity index (χ4n) is 6.40. The second kappa shape index (κ2) is 5.50. The number of aliphatic hydroxyl groups is 2. The molecule has 0 aromatic rings. The van der Waals surface area contributed by atoms with Crippen molar-refractivity contribution in [2.24, 2.45) is 28.6 Å². The zero-order chi connectivity index (χ0) is 22.5. The van der Waals surface area contributed by atoms with Crippen LogP contribution in [0.3, 0.4) is 0 Å². The van der Waals surface area contributed by atoms with E-state index in [1.165, 1.54) is 0 Å². The normalized spacial score (nSPS) is 56.4. The quantitative estimate of drug-likeness (QED) is 0.802. The lowest BCUT2D eigenvalue weighted by atomic mass is 9.46. The molecule has 0 aliphatic heterocycles. The van der Waals surface area contributed by atoms with Gasteiger partial charge in [-0.1, -0.05) is 19.4 Å². The minimum atomic E-state index is -2.21. The van der Waals surface area contributed by atoms with Crippen LogP contribution in [0.4, 0.5) is 0 Å². The van der Waals surface area contributed by atoms with Crippen LogP contribution in [0.15, 0.2) is 11.6 Å². The van der Waals surface area contributed by atoms with Crippen molar-refractivity contribution in [2.75, 3.05) is 6.61 Å². The maximum atomic E-state index is 12.4. The number of fused-ring (bicyclic) bond motifs is 5. The van der Waals surface area contributed by atoms with E-state index >= 15 is 0 Å². The van der Waals surface area contributed by atoms with Crippen molar-refractivity contribution in [3.63, 3.8) is 0 Å². The van der Waals surface area contributed by atoms with Crippen molar-refractivity contribution in [3.8, 4) is 0 Å². The summed E-state index contributed by atoms with van der Waals surface area (Å²) in [6.45, 7) is 2.92. The summed E-state index contributed by atoms with van der Waals surface area (Å²) in [6.07, 6.45) is -2.40. The first-order valence-electron chi connectivity index (χ1n) is 11.8. The molecule has 2 N–H and O–H groups in total. The summed E-state index contributed by atoms with van der Waals surface area (Å²) < 4.78 is 42.2. The molecule has 3 saturated carbocycles. The van der Waals surface area contributed by atoms with Crippen LogP contribution in [0.25, 0.3) is 0 Å². The molecule has 0 radical (unpaired) electrons. The van der Waals surface area contributed by atoms with E-state index in [9.17, 15) is 19.8 Å². The van der Waals surface area contributed by atoms with Crippen molar-refractivity contribution >= 4 is 11.6 Å². The third-order valence-corrected chi connectivity index (χ3v) is 7.95. The van der Waals surface area contributed by atoms with E-state index in [0.717, 1.165) is 0 Å². The van der Waals surface area contributed by atoms with E-state index in [2.05, 4.69) is 0 Å². The van der Waals surface area contributed by atoms with Crippen molar-refractivity contribution < 1.29 is 26.7 Å². The molecular formula is C21H30O4. The maximum Gasteiger partial charge on any atom is 0.190 e. The van der Waals surface area contributed by atoms with Crippen LogP contribution in [0.1, 0.15) is 72.0 Å². The predicted octanol–water partition coefficient (Wildman–Crippen LogP) is 2.81. The van der Waals surface area contributed by atoms with Crippen LogP contribution in [0.2, 0.25) is 0 Å². The van der Waals surface area contributed by atoms with Crippen LogP contribution in [-0.2, 0) is 9.59 Å². The van der Waals surface area contributed by atoms with Gasteiger partial charge in [0.25, 0.3) is 0 Å². The van der Waals surface area contributed by atoms with E-state index in [1.54, 1.807) is 6.92 Å². The average molecular weight is 351 g/mol. The predicted molar refractivity (Wildman–Crippen MR) is 93.8 cm³/mol. The summed E-state index contributed by atoms with van der Waals surface area (Å²) in [5, 5.41) is 20.7. The molecule has 0 heterocycles. The number of carbonyl (C=O) groups is 2. The standard InChI is InChI=1S/C21H30O4/c1-19-8-5-14(23)11-13(19)3-4-15-16(19)6-9-20(2)17(15)7-10-21(20,25)18(24)12-22/h11,15-17,22,25H,3-10,12H2,1-2H3/t15-,16+,17+,19+,20+,21+/m1/s1/i3D2,5D2,11D. The summed E-state index contributed by atoms with van der Waals surface area (Å²) in [5.74, 6) is -2.02. The van der Waals surface area contributed by atoms with Crippen LogP contribution in [0, 0.1) is 28.6 Å². The maximum absolute atomic E-state index is 12.4. The molecule has 138 valence electrons. The Morgan fingerprint density at radius 3 is 2.68 bits per heavy atom. The third-order valence-electron chi connectivity index (χ3n) is 7.95. The van der Waals surface area contributed by atoms with Gasteiger partial charge in [0.2, 0.25) is 0 Å². The van der Waals surface area contributed by atoms with Crippen LogP contribution >= 0.6 is 0 Å². The smallest absolute Gasteiger partial charge is 0.190 e. The Hall–Kier alpha value is -1.00. The Morgan fingerprint density at radius 1 is 1.24 bits per heavy atom. The minimum absolute atomic E-state index is 0.0882. The molecule has 4 aliphatic rings. The highest BCUT2D eigenvalue weighted by atomic mass is 16.3. The van der Waals surface area contributed by atoms with E-state index in [0.29, 0.717) is 19.3 Å². The van der Waals surface area contributed by atoms with Gasteiger partial charge in [-0.25, -0.2) is 0 Å². The van der Waals surface area contributed by atoms with E-state index in [4.69, 9.17) is 6.85 Å². The fourth-order valence-corrected chi connectivity index (χ4v) is 6.40. The molecule has 0 bridgehead atoms. The Kier molecular flexibility index (Phi) is 2.73. The van der Waals surface area contributed by atoms with Gasteiger partial charge in [0.05, 0.1) is 1.37 Å². The van der Waals surface area contributed by atoms with Crippen LogP contribution in [-0.4, -0.2) is 34.0 Å². The molecule has 4 heteroatoms. The van der Waals surface area contributed by atoms with Gasteiger partial charge in [0.1, 0.15) is 12.2 Å². The van der Waals surface area contributed by atoms with Crippen LogP contribution in [0.5, 0.6) is 0 Å². The SMILES string of the molecule is [2H]C1=C2C([2H])([2H])C[C@@H]3[C@H](CC[C@@]4(C)[C@H]3CC[C@]4(O)C(=O)CO)[C@@]2(C)CC([2H])([2H])C1=O. The first-order valence-corrected chi connectivity index (χ1v) is 9.29. The number of hydrogen-bond acceptors (Lipinski definition) is 4. The lowest BCUT2D eigenvalue weighted by Gasteiger charge is -2.58. The zero-order valence-electron chi connectivity index (χ0n) is 19.9. The monoisotopic (exact) mass is 351 g/mol. The first-order chi connectivity index (χ1) is 13.7. The summed E-state index contributed by atoms with van der Waals surface area (Å²) in [4.78, 5) is 24.9. The molecule has 0 unspecified atom stereocenters. The lowest BCUT2D eigenvalue weighted by Crippen LogP contribution is -2.58. The summed E-state index contributed by atoms with van der Waals surface area (Å²) in [6, 6.07) is -0.524. The Morgan fingerprint density at radius 2 is 1.96 bits per heavy atom. The van der Waals surface area contributed by atoms with Crippen molar-refractivity contribution in [1.29, 1.82) is 0 Å². The van der Waals surface area contributed by atoms with Gasteiger partial charge in [-0.2, -0.15) is 0 Å². The Labute approximate surface area is 156 Å². The van der Waals surface area contributed by atoms with Crippen molar-refractivity contribution in [1.82, 2.24) is 0 Å². The molecule has 25 heavy (non-hydrogen) atoms. The highest BCUT2D eigenvalue weighted by Crippen LogP contribution is 2.67. The molecule has 0 amide bonds. The molecule has 0 saturated heterocycles. The molecule has 4 nitrogen and oxygen atoms in total. The van der Waals surface area contributed by atoms with Gasteiger partial charge < -0.3 is 10.2 Å². The molecule has 4 rings (SSSR count). The largest absolute Gasteiger partial charge is 0.388 e. The second-order valence-corrected chi connectivity index (χ2v) is 8.79. The topological polar surface area (TPSA) is 74.6 Å². The fraction of sp³-hybridized carbons (Fsp3) is 0.810. The van der Waals surface area contributed by atoms with Gasteiger partial charge in [-0.05, 0) is 74.1 Å². The Balaban J connectivity index is 1.82. The minimum Gasteiger partial charge on any atom is -0.388 e. The summed E-state index contributed by atoms with van der Waals surface area (Å²) >= 11 is 0. The number of carbonyl (C=O) groups excluding carboxylic acids is 2. The highest BCUT2D eigenvalue weighted by Gasteiger charge is 2.65. The number of hydrogen-bond donors (Lipinski definition) is 2. The van der Waals surface area contributed by atoms with E-state index in [-0.39, 0.29) is 42.6 Å². The Bertz CT molecular complexity index is 854. The second-order valence-electron chi connectivity index (χ2n) is 8.79. The van der Waals surface area contributed by atoms with Crippen LogP contribution < -0.4 is 0 Å². The van der Waals surface area contributed by atoms with Gasteiger partial charge in [0, 0.05) is 17.3 Å². The first kappa shape index (κ1) is 12.4. The molecule has 0 spiro atoms. The van der Waals surface area contributed by atoms with Gasteiger partial charge in [-0.15, -0.1) is 0 Å². The molecule has 4 aliphatic carbocycles. The zero-order valence-corrected chi connectivity index (χ0v) is 14.9. The summed E-state index contributed by atoms with van der Waals surface area (Å²) in [5.41, 5.74) is -3.27. The van der Waals surface area contributed by atoms with E-state index < -0.39 is 53.4 Å². The molecular weight excluding hydrogens is 316 g/mol. The average Bonchev–Trinajstić information content (AvgIpc) is 2.90. The third kappa shape index (κ3) is 2.13. The number of ketones is 2. The number of allylic oxidation sites excluding steroid dienone is 1. The molecule has 0 aromatic heterocycles. The van der Waals surface area contributed by atoms with E-state index in [1.807, 2.05) is 6.92 Å². The number of aliphatic hydroxyl groups excluding tert-OH is 1. The van der Waals surface area contributed by atoms with Gasteiger partial charge in [-0.3, -0.25) is 9.59 Å². The summed E-state index contributed by atoms with van der Waals surface area (Å²) in [7, 11) is 0. The van der Waals surface area contributed by atoms with Gasteiger partial charge in [0.15, 0.2) is 11.6 Å². The highest BCUT2D eigenvalue weighted by molar-refractivity contribution is 5.91. The molecule has 3 fully saturated rings. The number of Topliss-reactive ketones (excluding diaryl/α,β-unsaturated/α-hetero) is 1. The van der Waals surface area contributed by atoms with Crippen molar-refractivity contribution in [2.45, 2.75) is 70.7 Å². The number of rotatable bonds is 2. The molecule has 0 aromatic carbocycles. The van der Waals surface area contributed by atoms with Gasteiger partial charge >= 0.3 is 0 Å².